The van der Waals surface area contributed by atoms with Crippen LogP contribution in [0.25, 0.3) is 0 Å². The van der Waals surface area contributed by atoms with Crippen molar-refractivity contribution in [1.29, 1.82) is 0 Å². The first-order chi connectivity index (χ1) is 7.79. The third-order valence-electron chi connectivity index (χ3n) is 2.79. The predicted octanol–water partition coefficient (Wildman–Crippen LogP) is 2.39. The van der Waals surface area contributed by atoms with Crippen LogP contribution in [-0.4, -0.2) is 14.8 Å². The van der Waals surface area contributed by atoms with Crippen molar-refractivity contribution >= 4 is 0 Å². The first-order valence-electron chi connectivity index (χ1n) is 5.72. The van der Waals surface area contributed by atoms with E-state index in [-0.39, 0.29) is 0 Å². The lowest BCUT2D eigenvalue weighted by Crippen LogP contribution is -2.02. The average Bonchev–Trinajstić information content (AvgIpc) is 2.76. The van der Waals surface area contributed by atoms with Crippen LogP contribution in [0.3, 0.4) is 0 Å². The Morgan fingerprint density at radius 1 is 1.12 bits per heavy atom. The van der Waals surface area contributed by atoms with Crippen molar-refractivity contribution in [2.45, 2.75) is 33.2 Å². The van der Waals surface area contributed by atoms with Crippen LogP contribution in [0.5, 0.6) is 0 Å². The molecule has 0 saturated carbocycles. The molecule has 2 rings (SSSR count). The molecule has 0 aliphatic rings. The Bertz CT molecular complexity index is 442. The van der Waals surface area contributed by atoms with Gasteiger partial charge in [-0.2, -0.15) is 0 Å². The van der Waals surface area contributed by atoms with Gasteiger partial charge in [-0.15, -0.1) is 10.2 Å². The van der Waals surface area contributed by atoms with Crippen LogP contribution in [0.4, 0.5) is 0 Å². The third-order valence-corrected chi connectivity index (χ3v) is 2.79. The van der Waals surface area contributed by atoms with Gasteiger partial charge in [0.1, 0.15) is 12.2 Å². The molecule has 1 heterocycles. The summed E-state index contributed by atoms with van der Waals surface area (Å²) in [6, 6.07) is 8.67. The lowest BCUT2D eigenvalue weighted by Gasteiger charge is -2.03. The van der Waals surface area contributed by atoms with E-state index in [1.165, 1.54) is 11.1 Å². The largest absolute Gasteiger partial charge is 0.318 e. The first kappa shape index (κ1) is 10.9. The second-order valence-corrected chi connectivity index (χ2v) is 4.02. The van der Waals surface area contributed by atoms with Gasteiger partial charge in [-0.3, -0.25) is 0 Å². The normalized spacial score (nSPS) is 10.6. The van der Waals surface area contributed by atoms with E-state index in [1.54, 1.807) is 6.33 Å². The number of aryl methyl sites for hydroxylation is 4. The van der Waals surface area contributed by atoms with Gasteiger partial charge in [0.2, 0.25) is 0 Å². The highest BCUT2D eigenvalue weighted by atomic mass is 15.3. The molecule has 0 atom stereocenters. The minimum Gasteiger partial charge on any atom is -0.318 e. The van der Waals surface area contributed by atoms with Crippen molar-refractivity contribution in [1.82, 2.24) is 14.8 Å². The maximum atomic E-state index is 4.13. The number of benzene rings is 1. The molecule has 0 amide bonds. The molecule has 0 unspecified atom stereocenters. The molecule has 0 spiro atoms. The molecule has 1 aromatic heterocycles. The van der Waals surface area contributed by atoms with Crippen molar-refractivity contribution < 1.29 is 0 Å². The van der Waals surface area contributed by atoms with Crippen molar-refractivity contribution in [3.8, 4) is 0 Å². The zero-order valence-electron chi connectivity index (χ0n) is 9.85. The van der Waals surface area contributed by atoms with E-state index in [0.29, 0.717) is 0 Å². The summed E-state index contributed by atoms with van der Waals surface area (Å²) in [5.41, 5.74) is 2.66. The quantitative estimate of drug-likeness (QED) is 0.784. The summed E-state index contributed by atoms with van der Waals surface area (Å²) in [6.45, 7) is 5.16. The lowest BCUT2D eigenvalue weighted by atomic mass is 10.1. The number of rotatable bonds is 4. The van der Waals surface area contributed by atoms with Crippen molar-refractivity contribution in [3.63, 3.8) is 0 Å². The first-order valence-corrected chi connectivity index (χ1v) is 5.72. The molecule has 2 aromatic rings. The minimum absolute atomic E-state index is 0.941. The zero-order valence-corrected chi connectivity index (χ0v) is 9.85. The molecule has 0 N–H and O–H groups in total. The fraction of sp³-hybridized carbons (Fsp3) is 0.385. The Balaban J connectivity index is 1.99. The molecule has 0 bridgehead atoms. The Hall–Kier alpha value is -1.64. The molecule has 0 aliphatic heterocycles. The Morgan fingerprint density at radius 2 is 1.88 bits per heavy atom. The lowest BCUT2D eigenvalue weighted by molar-refractivity contribution is 0.689. The summed E-state index contributed by atoms with van der Waals surface area (Å²) in [7, 11) is 0. The van der Waals surface area contributed by atoms with Crippen LogP contribution in [0.2, 0.25) is 0 Å². The number of hydrogen-bond donors (Lipinski definition) is 0. The Labute approximate surface area is 96.1 Å². The summed E-state index contributed by atoms with van der Waals surface area (Å²) in [5, 5.41) is 8.06. The summed E-state index contributed by atoms with van der Waals surface area (Å²) < 4.78 is 2.09. The zero-order chi connectivity index (χ0) is 11.4. The maximum Gasteiger partial charge on any atom is 0.133 e. The molecule has 0 aliphatic carbocycles. The molecule has 0 fully saturated rings. The van der Waals surface area contributed by atoms with Gasteiger partial charge >= 0.3 is 0 Å². The van der Waals surface area contributed by atoms with E-state index in [4.69, 9.17) is 0 Å². The van der Waals surface area contributed by atoms with Gasteiger partial charge < -0.3 is 4.57 Å². The molecule has 84 valence electrons. The number of hydrogen-bond acceptors (Lipinski definition) is 2. The second kappa shape index (κ2) is 4.92. The fourth-order valence-corrected chi connectivity index (χ4v) is 1.75. The topological polar surface area (TPSA) is 30.7 Å². The fourth-order valence-electron chi connectivity index (χ4n) is 1.75. The van der Waals surface area contributed by atoms with Gasteiger partial charge in [-0.25, -0.2) is 0 Å². The Morgan fingerprint density at radius 3 is 2.56 bits per heavy atom. The number of nitrogens with zero attached hydrogens (tertiary/aromatic N) is 3. The molecule has 3 nitrogen and oxygen atoms in total. The van der Waals surface area contributed by atoms with Gasteiger partial charge in [0.05, 0.1) is 0 Å². The molecule has 1 aromatic carbocycles. The number of aromatic nitrogens is 3. The van der Waals surface area contributed by atoms with E-state index >= 15 is 0 Å². The molecular formula is C13H17N3. The summed E-state index contributed by atoms with van der Waals surface area (Å²) in [5.74, 6) is 1.07. The van der Waals surface area contributed by atoms with Crippen LogP contribution in [-0.2, 0) is 19.4 Å². The maximum absolute atomic E-state index is 4.13. The van der Waals surface area contributed by atoms with Gasteiger partial charge in [0, 0.05) is 13.0 Å². The van der Waals surface area contributed by atoms with Crippen LogP contribution in [0.1, 0.15) is 23.9 Å². The van der Waals surface area contributed by atoms with E-state index < -0.39 is 0 Å². The average molecular weight is 215 g/mol. The van der Waals surface area contributed by atoms with Gasteiger partial charge in [-0.1, -0.05) is 29.8 Å². The smallest absolute Gasteiger partial charge is 0.133 e. The van der Waals surface area contributed by atoms with Crippen molar-refractivity contribution in [3.05, 3.63) is 47.5 Å². The highest BCUT2D eigenvalue weighted by Gasteiger charge is 2.02. The molecule has 0 saturated heterocycles. The van der Waals surface area contributed by atoms with Crippen molar-refractivity contribution in [2.75, 3.05) is 0 Å². The van der Waals surface area contributed by atoms with E-state index in [0.717, 1.165) is 25.2 Å². The van der Waals surface area contributed by atoms with E-state index in [9.17, 15) is 0 Å². The summed E-state index contributed by atoms with van der Waals surface area (Å²) in [6.07, 6.45) is 3.78. The monoisotopic (exact) mass is 215 g/mol. The molecule has 0 radical (unpaired) electrons. The molecule has 16 heavy (non-hydrogen) atoms. The van der Waals surface area contributed by atoms with Crippen molar-refractivity contribution in [2.24, 2.45) is 0 Å². The van der Waals surface area contributed by atoms with Crippen LogP contribution < -0.4 is 0 Å². The predicted molar refractivity (Wildman–Crippen MR) is 64.3 cm³/mol. The molecule has 3 heteroatoms. The van der Waals surface area contributed by atoms with E-state index in [2.05, 4.69) is 52.9 Å². The van der Waals surface area contributed by atoms with Gasteiger partial charge in [-0.05, 0) is 25.8 Å². The standard InChI is InChI=1S/C13H17N3/c1-3-16-10-14-15-13(16)9-8-12-6-4-11(2)5-7-12/h4-7,10H,3,8-9H2,1-2H3. The highest BCUT2D eigenvalue weighted by Crippen LogP contribution is 2.07. The minimum atomic E-state index is 0.941. The summed E-state index contributed by atoms with van der Waals surface area (Å²) in [4.78, 5) is 0. The Kier molecular flexibility index (Phi) is 3.34. The highest BCUT2D eigenvalue weighted by molar-refractivity contribution is 5.21. The third kappa shape index (κ3) is 2.48. The van der Waals surface area contributed by atoms with Gasteiger partial charge in [0.15, 0.2) is 0 Å². The van der Waals surface area contributed by atoms with E-state index in [1.807, 2.05) is 0 Å². The molecular weight excluding hydrogens is 198 g/mol. The van der Waals surface area contributed by atoms with Crippen LogP contribution in [0, 0.1) is 6.92 Å². The van der Waals surface area contributed by atoms with Crippen LogP contribution in [0.15, 0.2) is 30.6 Å². The SMILES string of the molecule is CCn1cnnc1CCc1ccc(C)cc1. The van der Waals surface area contributed by atoms with Gasteiger partial charge in [0.25, 0.3) is 0 Å². The van der Waals surface area contributed by atoms with Crippen LogP contribution >= 0.6 is 0 Å². The second-order valence-electron chi connectivity index (χ2n) is 4.02. The summed E-state index contributed by atoms with van der Waals surface area (Å²) >= 11 is 0.